The summed E-state index contributed by atoms with van der Waals surface area (Å²) in [5.41, 5.74) is 6.66. The lowest BCUT2D eigenvalue weighted by Crippen LogP contribution is -2.45. The zero-order chi connectivity index (χ0) is 23.5. The lowest BCUT2D eigenvalue weighted by Gasteiger charge is -2.29. The Labute approximate surface area is 194 Å². The van der Waals surface area contributed by atoms with Crippen LogP contribution in [0.3, 0.4) is 0 Å². The maximum absolute atomic E-state index is 13.2. The number of methoxy groups -OCH3 is 1. The number of nitrogens with zero attached hydrogens (tertiary/aromatic N) is 3. The van der Waals surface area contributed by atoms with Gasteiger partial charge in [-0.3, -0.25) is 9.48 Å². The normalized spacial score (nSPS) is 18.2. The van der Waals surface area contributed by atoms with Crippen LogP contribution in [0, 0.1) is 13.8 Å². The Balaban J connectivity index is 1.59. The molecule has 0 spiro atoms. The molecule has 2 aromatic carbocycles. The second-order valence-corrected chi connectivity index (χ2v) is 8.95. The first-order valence-electron chi connectivity index (χ1n) is 11.5. The van der Waals surface area contributed by atoms with Crippen LogP contribution in [0.4, 0.5) is 0 Å². The van der Waals surface area contributed by atoms with Gasteiger partial charge in [0.25, 0.3) is 5.91 Å². The van der Waals surface area contributed by atoms with Gasteiger partial charge >= 0.3 is 0 Å². The first-order valence-corrected chi connectivity index (χ1v) is 11.5. The van der Waals surface area contributed by atoms with Crippen LogP contribution in [0.5, 0.6) is 5.75 Å². The number of carbonyl (C=O) groups excluding carboxylic acids is 1. The molecule has 33 heavy (non-hydrogen) atoms. The summed E-state index contributed by atoms with van der Waals surface area (Å²) in [6, 6.07) is 9.98. The number of carbonyl (C=O) groups is 1. The Morgan fingerprint density at radius 3 is 2.55 bits per heavy atom. The number of benzene rings is 2. The number of hydrogen-bond donors (Lipinski definition) is 2. The van der Waals surface area contributed by atoms with E-state index >= 15 is 0 Å². The fourth-order valence-electron chi connectivity index (χ4n) is 4.60. The molecule has 1 aliphatic rings. The van der Waals surface area contributed by atoms with Crippen molar-refractivity contribution in [1.29, 1.82) is 0 Å². The van der Waals surface area contributed by atoms with Gasteiger partial charge in [-0.2, -0.15) is 0 Å². The van der Waals surface area contributed by atoms with E-state index in [4.69, 9.17) is 4.74 Å². The van der Waals surface area contributed by atoms with Gasteiger partial charge in [0.1, 0.15) is 11.4 Å². The molecule has 1 fully saturated rings. The second kappa shape index (κ2) is 9.75. The van der Waals surface area contributed by atoms with E-state index in [-0.39, 0.29) is 11.9 Å². The van der Waals surface area contributed by atoms with Crippen LogP contribution >= 0.6 is 0 Å². The molecule has 2 N–H and O–H groups in total. The zero-order valence-corrected chi connectivity index (χ0v) is 19.8. The molecule has 3 aromatic rings. The minimum Gasteiger partial charge on any atom is -0.496 e. The number of ether oxygens (including phenoxy) is 1. The van der Waals surface area contributed by atoms with Gasteiger partial charge in [-0.05, 0) is 61.4 Å². The predicted octanol–water partition coefficient (Wildman–Crippen LogP) is 3.73. The van der Waals surface area contributed by atoms with Crippen molar-refractivity contribution in [3.05, 3.63) is 64.3 Å². The van der Waals surface area contributed by atoms with Gasteiger partial charge in [0.15, 0.2) is 0 Å². The van der Waals surface area contributed by atoms with Crippen molar-refractivity contribution in [1.82, 2.24) is 20.3 Å². The fourth-order valence-corrected chi connectivity index (χ4v) is 4.60. The Morgan fingerprint density at radius 1 is 1.18 bits per heavy atom. The highest BCUT2D eigenvalue weighted by atomic mass is 16.5. The number of rotatable bonds is 6. The Hall–Kier alpha value is -3.19. The third-order valence-corrected chi connectivity index (χ3v) is 6.69. The van der Waals surface area contributed by atoms with Crippen LogP contribution in [0.2, 0.25) is 0 Å². The van der Waals surface area contributed by atoms with Crippen LogP contribution in [0.25, 0.3) is 11.3 Å². The molecule has 1 aromatic heterocycles. The molecule has 1 amide bonds. The van der Waals surface area contributed by atoms with Crippen LogP contribution in [0.15, 0.2) is 36.5 Å². The summed E-state index contributed by atoms with van der Waals surface area (Å²) in [6.07, 6.45) is 5.63. The van der Waals surface area contributed by atoms with Crippen molar-refractivity contribution in [3.63, 3.8) is 0 Å². The van der Waals surface area contributed by atoms with Crippen LogP contribution in [-0.2, 0) is 13.5 Å². The molecule has 7 nitrogen and oxygen atoms in total. The molecule has 0 bridgehead atoms. The van der Waals surface area contributed by atoms with Gasteiger partial charge in [0.2, 0.25) is 0 Å². The number of nitrogens with one attached hydrogen (secondary N) is 1. The summed E-state index contributed by atoms with van der Waals surface area (Å²) in [4.78, 5) is 13.2. The smallest absolute Gasteiger partial charge is 0.255 e. The van der Waals surface area contributed by atoms with Gasteiger partial charge < -0.3 is 15.2 Å². The quantitative estimate of drug-likeness (QED) is 0.600. The topological polar surface area (TPSA) is 89.3 Å². The van der Waals surface area contributed by atoms with Crippen molar-refractivity contribution in [2.24, 2.45) is 7.05 Å². The van der Waals surface area contributed by atoms with E-state index < -0.39 is 6.10 Å². The molecule has 174 valence electrons. The minimum atomic E-state index is -0.493. The summed E-state index contributed by atoms with van der Waals surface area (Å²) >= 11 is 0. The average Bonchev–Trinajstić information content (AvgIpc) is 3.25. The molecular formula is C26H32N4O3. The van der Waals surface area contributed by atoms with E-state index in [2.05, 4.69) is 34.7 Å². The maximum atomic E-state index is 13.2. The molecule has 0 radical (unpaired) electrons. The zero-order valence-electron chi connectivity index (χ0n) is 19.8. The monoisotopic (exact) mass is 448 g/mol. The van der Waals surface area contributed by atoms with Crippen LogP contribution < -0.4 is 10.1 Å². The second-order valence-electron chi connectivity index (χ2n) is 8.95. The number of aryl methyl sites for hydroxylation is 1. The van der Waals surface area contributed by atoms with Gasteiger partial charge in [-0.15, -0.1) is 5.10 Å². The van der Waals surface area contributed by atoms with Crippen molar-refractivity contribution in [2.45, 2.75) is 58.1 Å². The van der Waals surface area contributed by atoms with Crippen molar-refractivity contribution < 1.29 is 14.6 Å². The molecule has 7 heteroatoms. The molecule has 2 atom stereocenters. The first-order chi connectivity index (χ1) is 15.9. The van der Waals surface area contributed by atoms with Crippen molar-refractivity contribution >= 4 is 5.91 Å². The summed E-state index contributed by atoms with van der Waals surface area (Å²) < 4.78 is 7.31. The van der Waals surface area contributed by atoms with Crippen LogP contribution in [0.1, 0.15) is 58.3 Å². The van der Waals surface area contributed by atoms with Crippen molar-refractivity contribution in [2.75, 3.05) is 7.11 Å². The molecule has 1 aliphatic carbocycles. The summed E-state index contributed by atoms with van der Waals surface area (Å²) in [7, 11) is 3.45. The minimum absolute atomic E-state index is 0.194. The Kier molecular flexibility index (Phi) is 6.79. The number of aromatic nitrogens is 3. The van der Waals surface area contributed by atoms with E-state index in [1.807, 2.05) is 38.4 Å². The third kappa shape index (κ3) is 4.93. The number of aliphatic hydroxyl groups is 1. The van der Waals surface area contributed by atoms with Crippen LogP contribution in [-0.4, -0.2) is 45.3 Å². The highest BCUT2D eigenvalue weighted by Gasteiger charge is 2.27. The molecule has 1 saturated carbocycles. The Bertz CT molecular complexity index is 1140. The summed E-state index contributed by atoms with van der Waals surface area (Å²) in [6.45, 7) is 4.05. The molecular weight excluding hydrogens is 416 g/mol. The maximum Gasteiger partial charge on any atom is 0.255 e. The molecule has 0 saturated heterocycles. The van der Waals surface area contributed by atoms with Gasteiger partial charge in [0, 0.05) is 12.6 Å². The predicted molar refractivity (Wildman–Crippen MR) is 127 cm³/mol. The van der Waals surface area contributed by atoms with E-state index in [1.165, 1.54) is 0 Å². The third-order valence-electron chi connectivity index (χ3n) is 6.69. The number of aliphatic hydroxyl groups excluding tert-OH is 1. The van der Waals surface area contributed by atoms with Gasteiger partial charge in [0.05, 0.1) is 31.0 Å². The SMILES string of the molecule is COc1c(C(=O)NC2CCCCC2O)cc(Cc2ccc(-c3cn(C)nn3)cc2)c(C)c1C. The largest absolute Gasteiger partial charge is 0.496 e. The fraction of sp³-hybridized carbons (Fsp3) is 0.423. The first kappa shape index (κ1) is 23.0. The average molecular weight is 449 g/mol. The van der Waals surface area contributed by atoms with Gasteiger partial charge in [-0.25, -0.2) is 0 Å². The molecule has 0 aliphatic heterocycles. The van der Waals surface area contributed by atoms with E-state index in [0.29, 0.717) is 17.7 Å². The van der Waals surface area contributed by atoms with E-state index in [0.717, 1.165) is 59.2 Å². The summed E-state index contributed by atoms with van der Waals surface area (Å²) in [5.74, 6) is 0.400. The molecule has 2 unspecified atom stereocenters. The molecule has 4 rings (SSSR count). The lowest BCUT2D eigenvalue weighted by molar-refractivity contribution is 0.0715. The highest BCUT2D eigenvalue weighted by Crippen LogP contribution is 2.31. The number of amides is 1. The standard InChI is InChI=1S/C26H32N4O3/c1-16-17(2)25(33-4)21(26(32)27-22-7-5-6-8-24(22)31)14-20(16)13-18-9-11-19(12-10-18)23-15-30(3)29-28-23/h9-12,14-15,22,24,31H,5-8,13H2,1-4H3,(H,27,32). The highest BCUT2D eigenvalue weighted by molar-refractivity contribution is 5.98. The van der Waals surface area contributed by atoms with E-state index in [9.17, 15) is 9.90 Å². The lowest BCUT2D eigenvalue weighted by atomic mass is 9.91. The van der Waals surface area contributed by atoms with E-state index in [1.54, 1.807) is 11.8 Å². The summed E-state index contributed by atoms with van der Waals surface area (Å²) in [5, 5.41) is 21.5. The van der Waals surface area contributed by atoms with Gasteiger partial charge in [-0.1, -0.05) is 42.3 Å². The molecule has 1 heterocycles. The Morgan fingerprint density at radius 2 is 1.91 bits per heavy atom. The number of hydrogen-bond acceptors (Lipinski definition) is 5. The van der Waals surface area contributed by atoms with Crippen molar-refractivity contribution in [3.8, 4) is 17.0 Å².